The largest absolute Gasteiger partial charge is 0.497 e. The van der Waals surface area contributed by atoms with E-state index in [1.807, 2.05) is 19.1 Å². The zero-order valence-electron chi connectivity index (χ0n) is 19.4. The van der Waals surface area contributed by atoms with Crippen LogP contribution in [0.3, 0.4) is 0 Å². The Labute approximate surface area is 203 Å². The molecule has 1 aromatic heterocycles. The molecule has 34 heavy (non-hydrogen) atoms. The number of methoxy groups -OCH3 is 1. The van der Waals surface area contributed by atoms with E-state index >= 15 is 0 Å². The number of hydrogen-bond acceptors (Lipinski definition) is 5. The van der Waals surface area contributed by atoms with E-state index in [1.54, 1.807) is 42.0 Å². The van der Waals surface area contributed by atoms with E-state index in [0.717, 1.165) is 24.8 Å². The number of nitrogens with one attached hydrogen (secondary N) is 1. The quantitative estimate of drug-likeness (QED) is 0.256. The fourth-order valence-corrected chi connectivity index (χ4v) is 3.88. The molecule has 180 valence electrons. The van der Waals surface area contributed by atoms with Crippen LogP contribution >= 0.6 is 11.6 Å². The van der Waals surface area contributed by atoms with Gasteiger partial charge in [-0.2, -0.15) is 0 Å². The average Bonchev–Trinajstić information content (AvgIpc) is 3.10. The van der Waals surface area contributed by atoms with Crippen LogP contribution in [0.5, 0.6) is 11.6 Å². The van der Waals surface area contributed by atoms with E-state index in [-0.39, 0.29) is 29.8 Å². The third kappa shape index (κ3) is 6.14. The summed E-state index contributed by atoms with van der Waals surface area (Å²) in [7, 11) is 1.57. The van der Waals surface area contributed by atoms with Gasteiger partial charge in [0.25, 0.3) is 11.8 Å². The van der Waals surface area contributed by atoms with E-state index in [1.165, 1.54) is 0 Å². The number of benzene rings is 2. The Morgan fingerprint density at radius 2 is 1.94 bits per heavy atom. The first-order valence-corrected chi connectivity index (χ1v) is 11.7. The molecule has 0 radical (unpaired) electrons. The van der Waals surface area contributed by atoms with Crippen molar-refractivity contribution in [3.05, 3.63) is 53.1 Å². The Morgan fingerprint density at radius 3 is 2.68 bits per heavy atom. The van der Waals surface area contributed by atoms with Crippen LogP contribution in [0.15, 0.2) is 52.7 Å². The summed E-state index contributed by atoms with van der Waals surface area (Å²) >= 11 is 6.02. The van der Waals surface area contributed by atoms with Crippen molar-refractivity contribution in [3.63, 3.8) is 0 Å². The third-order valence-corrected chi connectivity index (χ3v) is 5.73. The molecule has 0 aliphatic rings. The summed E-state index contributed by atoms with van der Waals surface area (Å²) in [6, 6.07) is 12.3. The highest BCUT2D eigenvalue weighted by Crippen LogP contribution is 2.40. The second-order valence-electron chi connectivity index (χ2n) is 7.85. The first-order valence-electron chi connectivity index (χ1n) is 11.3. The van der Waals surface area contributed by atoms with E-state index in [9.17, 15) is 14.7 Å². The lowest BCUT2D eigenvalue weighted by Crippen LogP contribution is -2.24. The maximum Gasteiger partial charge on any atom is 0.264 e. The molecule has 0 spiro atoms. The number of aromatic nitrogens is 1. The first-order chi connectivity index (χ1) is 16.5. The average molecular weight is 485 g/mol. The van der Waals surface area contributed by atoms with Crippen LogP contribution in [0.2, 0.25) is 5.02 Å². The molecule has 0 bridgehead atoms. The number of amides is 2. The van der Waals surface area contributed by atoms with Crippen molar-refractivity contribution in [2.75, 3.05) is 13.7 Å². The van der Waals surface area contributed by atoms with Crippen molar-refractivity contribution < 1.29 is 19.4 Å². The Bertz CT molecular complexity index is 1190. The van der Waals surface area contributed by atoms with Crippen molar-refractivity contribution in [2.24, 2.45) is 10.2 Å². The topological polar surface area (TPSA) is 105 Å². The molecule has 3 aromatic rings. The van der Waals surface area contributed by atoms with Gasteiger partial charge >= 0.3 is 0 Å². The molecule has 0 fully saturated rings. The maximum atomic E-state index is 12.2. The molecule has 9 heteroatoms. The van der Waals surface area contributed by atoms with Gasteiger partial charge in [-0.25, -0.2) is 0 Å². The number of carbonyl (C=O) groups excluding carboxylic acids is 2. The van der Waals surface area contributed by atoms with Gasteiger partial charge in [-0.1, -0.05) is 37.1 Å². The van der Waals surface area contributed by atoms with Crippen molar-refractivity contribution in [2.45, 2.75) is 45.6 Å². The molecule has 0 aliphatic heterocycles. The van der Waals surface area contributed by atoms with Gasteiger partial charge in [0.05, 0.1) is 23.2 Å². The zero-order valence-corrected chi connectivity index (χ0v) is 20.1. The summed E-state index contributed by atoms with van der Waals surface area (Å²) in [5, 5.41) is 22.5. The highest BCUT2D eigenvalue weighted by molar-refractivity contribution is 6.33. The minimum atomic E-state index is -0.362. The summed E-state index contributed by atoms with van der Waals surface area (Å²) in [5.74, 6) is 0.0365. The van der Waals surface area contributed by atoms with Crippen molar-refractivity contribution in [1.29, 1.82) is 0 Å². The second kappa shape index (κ2) is 12.2. The van der Waals surface area contributed by atoms with Crippen LogP contribution in [0.25, 0.3) is 10.9 Å². The normalized spacial score (nSPS) is 11.3. The lowest BCUT2D eigenvalue weighted by Gasteiger charge is -2.06. The lowest BCUT2D eigenvalue weighted by molar-refractivity contribution is -0.118. The number of hydrogen-bond donors (Lipinski definition) is 2. The summed E-state index contributed by atoms with van der Waals surface area (Å²) < 4.78 is 7.03. The van der Waals surface area contributed by atoms with Gasteiger partial charge in [-0.05, 0) is 49.6 Å². The van der Waals surface area contributed by atoms with Crippen LogP contribution in [0.4, 0.5) is 5.69 Å². The number of nitrogens with zero attached hydrogens (tertiary/aromatic N) is 3. The molecule has 0 atom stereocenters. The summed E-state index contributed by atoms with van der Waals surface area (Å²) in [6.07, 6.45) is 3.17. The SMILES string of the molecule is CCCn1c(O)c(N=NC(=O)CCCCCNC(=O)c2ccccc2Cl)c2cc(OC)ccc21. The molecule has 0 unspecified atom stereocenters. The molecular formula is C25H29ClN4O4. The minimum absolute atomic E-state index is 0.0177. The Kier molecular flexibility index (Phi) is 9.04. The fraction of sp³-hybridized carbons (Fsp3) is 0.360. The second-order valence-corrected chi connectivity index (χ2v) is 8.25. The van der Waals surface area contributed by atoms with Gasteiger partial charge in [-0.3, -0.25) is 9.59 Å². The Hall–Kier alpha value is -3.39. The van der Waals surface area contributed by atoms with Crippen molar-refractivity contribution >= 4 is 40.0 Å². The fourth-order valence-electron chi connectivity index (χ4n) is 3.65. The smallest absolute Gasteiger partial charge is 0.264 e. The molecule has 1 heterocycles. The molecule has 2 aromatic carbocycles. The summed E-state index contributed by atoms with van der Waals surface area (Å²) in [6.45, 7) is 3.12. The molecular weight excluding hydrogens is 456 g/mol. The number of fused-ring (bicyclic) bond motifs is 1. The van der Waals surface area contributed by atoms with E-state index in [4.69, 9.17) is 16.3 Å². The van der Waals surface area contributed by atoms with Crippen LogP contribution in [0.1, 0.15) is 49.4 Å². The van der Waals surface area contributed by atoms with Gasteiger partial charge in [0.2, 0.25) is 5.88 Å². The summed E-state index contributed by atoms with van der Waals surface area (Å²) in [5.41, 5.74) is 1.51. The lowest BCUT2D eigenvalue weighted by atomic mass is 10.1. The predicted molar refractivity (Wildman–Crippen MR) is 132 cm³/mol. The molecule has 0 saturated carbocycles. The molecule has 0 saturated heterocycles. The number of carbonyl (C=O) groups is 2. The van der Waals surface area contributed by atoms with E-state index < -0.39 is 0 Å². The molecule has 3 rings (SSSR count). The van der Waals surface area contributed by atoms with Crippen LogP contribution in [-0.4, -0.2) is 35.1 Å². The highest BCUT2D eigenvalue weighted by Gasteiger charge is 2.17. The number of unbranched alkanes of at least 4 members (excludes halogenated alkanes) is 2. The van der Waals surface area contributed by atoms with Gasteiger partial charge in [0.15, 0.2) is 5.69 Å². The zero-order chi connectivity index (χ0) is 24.5. The molecule has 8 nitrogen and oxygen atoms in total. The standard InChI is InChI=1S/C25H29ClN4O4/c1-3-15-30-21-13-12-17(34-2)16-19(21)23(25(30)33)29-28-22(31)11-5-4-8-14-27-24(32)18-9-6-7-10-20(18)26/h6-7,9-10,12-13,16,33H,3-5,8,11,14-15H2,1-2H3,(H,27,32). The predicted octanol–water partition coefficient (Wildman–Crippen LogP) is 6.02. The van der Waals surface area contributed by atoms with Gasteiger partial charge < -0.3 is 19.7 Å². The van der Waals surface area contributed by atoms with E-state index in [2.05, 4.69) is 15.5 Å². The number of aromatic hydroxyl groups is 1. The number of ether oxygens (including phenoxy) is 1. The van der Waals surface area contributed by atoms with Crippen molar-refractivity contribution in [3.8, 4) is 11.6 Å². The monoisotopic (exact) mass is 484 g/mol. The number of azo groups is 1. The Morgan fingerprint density at radius 1 is 1.15 bits per heavy atom. The Balaban J connectivity index is 1.51. The minimum Gasteiger partial charge on any atom is -0.497 e. The summed E-state index contributed by atoms with van der Waals surface area (Å²) in [4.78, 5) is 24.3. The van der Waals surface area contributed by atoms with Crippen LogP contribution < -0.4 is 10.1 Å². The molecule has 2 N–H and O–H groups in total. The van der Waals surface area contributed by atoms with Crippen LogP contribution in [-0.2, 0) is 11.3 Å². The molecule has 2 amide bonds. The maximum absolute atomic E-state index is 12.2. The van der Waals surface area contributed by atoms with Gasteiger partial charge in [-0.15, -0.1) is 10.2 Å². The molecule has 0 aliphatic carbocycles. The van der Waals surface area contributed by atoms with Crippen LogP contribution in [0, 0.1) is 0 Å². The third-order valence-electron chi connectivity index (χ3n) is 5.40. The van der Waals surface area contributed by atoms with E-state index in [0.29, 0.717) is 41.2 Å². The number of aryl methyl sites for hydroxylation is 1. The van der Waals surface area contributed by atoms with Gasteiger partial charge in [0, 0.05) is 24.9 Å². The van der Waals surface area contributed by atoms with Gasteiger partial charge in [0.1, 0.15) is 5.75 Å². The number of halogens is 1. The van der Waals surface area contributed by atoms with Crippen molar-refractivity contribution in [1.82, 2.24) is 9.88 Å². The highest BCUT2D eigenvalue weighted by atomic mass is 35.5. The number of rotatable bonds is 11. The first kappa shape index (κ1) is 25.2.